The summed E-state index contributed by atoms with van der Waals surface area (Å²) >= 11 is 0. The van der Waals surface area contributed by atoms with E-state index in [4.69, 9.17) is 0 Å². The van der Waals surface area contributed by atoms with E-state index in [0.717, 1.165) is 5.39 Å². The first-order valence-electron chi connectivity index (χ1n) is 8.16. The van der Waals surface area contributed by atoms with E-state index in [2.05, 4.69) is 10.2 Å². The van der Waals surface area contributed by atoms with Crippen LogP contribution < -0.4 is 0 Å². The number of carboxylic acid groups (broad SMARTS) is 1. The molecule has 0 aliphatic heterocycles. The normalized spacial score (nSPS) is 11.4. The summed E-state index contributed by atoms with van der Waals surface area (Å²) in [7, 11) is 0. The molecule has 0 fully saturated rings. The van der Waals surface area contributed by atoms with E-state index in [1.165, 1.54) is 12.1 Å². The molecule has 0 saturated heterocycles. The van der Waals surface area contributed by atoms with Gasteiger partial charge in [0.05, 0.1) is 5.56 Å². The second-order valence-electron chi connectivity index (χ2n) is 6.00. The van der Waals surface area contributed by atoms with Crippen LogP contribution in [-0.4, -0.2) is 21.3 Å². The second kappa shape index (κ2) is 6.42. The van der Waals surface area contributed by atoms with Gasteiger partial charge in [-0.2, -0.15) is 0 Å². The Hall–Kier alpha value is -3.93. The van der Waals surface area contributed by atoms with Crippen LogP contribution in [0, 0.1) is 0 Å². The number of carboxylic acids is 1. The Morgan fingerprint density at radius 2 is 1.33 bits per heavy atom. The third kappa shape index (κ3) is 2.83. The molecule has 0 heterocycles. The summed E-state index contributed by atoms with van der Waals surface area (Å²) in [5.74, 6) is -1.61. The number of fused-ring (bicyclic) bond motifs is 2. The maximum atomic E-state index is 11.8. The number of phenols is 2. The van der Waals surface area contributed by atoms with Gasteiger partial charge < -0.3 is 15.3 Å². The average Bonchev–Trinajstić information content (AvgIpc) is 2.66. The Bertz CT molecular complexity index is 1230. The van der Waals surface area contributed by atoms with Gasteiger partial charge in [0.1, 0.15) is 22.9 Å². The van der Waals surface area contributed by atoms with Crippen LogP contribution in [0.3, 0.4) is 0 Å². The fourth-order valence-electron chi connectivity index (χ4n) is 3.09. The minimum Gasteiger partial charge on any atom is -0.506 e. The van der Waals surface area contributed by atoms with Crippen molar-refractivity contribution in [2.75, 3.05) is 0 Å². The number of azo groups is 1. The molecular weight excluding hydrogens is 344 g/mol. The molecule has 6 heteroatoms. The van der Waals surface area contributed by atoms with Crippen LogP contribution >= 0.6 is 0 Å². The van der Waals surface area contributed by atoms with Crippen molar-refractivity contribution in [1.82, 2.24) is 0 Å². The lowest BCUT2D eigenvalue weighted by Crippen LogP contribution is -1.98. The highest BCUT2D eigenvalue weighted by Gasteiger charge is 2.19. The monoisotopic (exact) mass is 358 g/mol. The highest BCUT2D eigenvalue weighted by molar-refractivity contribution is 6.09. The first-order valence-corrected chi connectivity index (χ1v) is 8.16. The van der Waals surface area contributed by atoms with Crippen LogP contribution in [0.1, 0.15) is 10.4 Å². The summed E-state index contributed by atoms with van der Waals surface area (Å²) in [6.45, 7) is 0. The molecule has 0 aromatic heterocycles. The summed E-state index contributed by atoms with van der Waals surface area (Å²) in [6.07, 6.45) is 0. The average molecular weight is 358 g/mol. The van der Waals surface area contributed by atoms with E-state index in [0.29, 0.717) is 16.2 Å². The molecule has 0 aliphatic carbocycles. The van der Waals surface area contributed by atoms with E-state index in [1.807, 2.05) is 12.1 Å². The van der Waals surface area contributed by atoms with Crippen molar-refractivity contribution >= 4 is 38.9 Å². The molecule has 0 atom stereocenters. The van der Waals surface area contributed by atoms with Crippen molar-refractivity contribution in [1.29, 1.82) is 0 Å². The van der Waals surface area contributed by atoms with Crippen LogP contribution in [0.15, 0.2) is 77.0 Å². The first-order chi connectivity index (χ1) is 13.1. The Kier molecular flexibility index (Phi) is 3.93. The highest BCUT2D eigenvalue weighted by Crippen LogP contribution is 2.40. The zero-order chi connectivity index (χ0) is 19.0. The van der Waals surface area contributed by atoms with Gasteiger partial charge in [-0.3, -0.25) is 0 Å². The quantitative estimate of drug-likeness (QED) is 0.420. The molecular formula is C21H14N2O4. The zero-order valence-electron chi connectivity index (χ0n) is 14.0. The van der Waals surface area contributed by atoms with Gasteiger partial charge in [-0.25, -0.2) is 4.79 Å². The predicted molar refractivity (Wildman–Crippen MR) is 102 cm³/mol. The zero-order valence-corrected chi connectivity index (χ0v) is 14.0. The third-order valence-electron chi connectivity index (χ3n) is 4.34. The Morgan fingerprint density at radius 1 is 0.704 bits per heavy atom. The molecule has 4 aromatic carbocycles. The van der Waals surface area contributed by atoms with E-state index >= 15 is 0 Å². The van der Waals surface area contributed by atoms with Crippen LogP contribution in [0.2, 0.25) is 0 Å². The van der Waals surface area contributed by atoms with Gasteiger partial charge in [-0.1, -0.05) is 54.6 Å². The van der Waals surface area contributed by atoms with Gasteiger partial charge in [-0.15, -0.1) is 10.2 Å². The molecule has 132 valence electrons. The number of phenolic OH excluding ortho intramolecular Hbond substituents is 2. The molecule has 6 nitrogen and oxygen atoms in total. The predicted octanol–water partition coefficient (Wildman–Crippen LogP) is 5.52. The van der Waals surface area contributed by atoms with Gasteiger partial charge in [0.15, 0.2) is 0 Å². The van der Waals surface area contributed by atoms with Gasteiger partial charge in [-0.05, 0) is 28.3 Å². The fourth-order valence-corrected chi connectivity index (χ4v) is 3.09. The van der Waals surface area contributed by atoms with Crippen molar-refractivity contribution in [3.8, 4) is 11.5 Å². The molecule has 27 heavy (non-hydrogen) atoms. The fraction of sp³-hybridized carbons (Fsp3) is 0. The number of rotatable bonds is 3. The SMILES string of the molecule is O=C(O)c1c(N=Nc2c(O)ccc3ccccc23)c(O)cc2ccccc12. The molecule has 3 N–H and O–H groups in total. The molecule has 0 amide bonds. The van der Waals surface area contributed by atoms with E-state index in [9.17, 15) is 20.1 Å². The minimum atomic E-state index is -1.22. The van der Waals surface area contributed by atoms with Crippen molar-refractivity contribution < 1.29 is 20.1 Å². The van der Waals surface area contributed by atoms with Crippen molar-refractivity contribution in [3.63, 3.8) is 0 Å². The molecule has 0 unspecified atom stereocenters. The summed E-state index contributed by atoms with van der Waals surface area (Å²) < 4.78 is 0. The molecule has 0 spiro atoms. The Morgan fingerprint density at radius 3 is 2.07 bits per heavy atom. The molecule has 4 aromatic rings. The topological polar surface area (TPSA) is 102 Å². The minimum absolute atomic E-state index is 0.0883. The molecule has 0 radical (unpaired) electrons. The van der Waals surface area contributed by atoms with Gasteiger partial charge in [0.25, 0.3) is 0 Å². The number of benzene rings is 4. The van der Waals surface area contributed by atoms with Crippen LogP contribution in [0.5, 0.6) is 11.5 Å². The van der Waals surface area contributed by atoms with Gasteiger partial charge >= 0.3 is 5.97 Å². The smallest absolute Gasteiger partial charge is 0.338 e. The second-order valence-corrected chi connectivity index (χ2v) is 6.00. The van der Waals surface area contributed by atoms with E-state index in [1.54, 1.807) is 42.5 Å². The number of hydrogen-bond acceptors (Lipinski definition) is 5. The number of nitrogens with zero attached hydrogens (tertiary/aromatic N) is 2. The van der Waals surface area contributed by atoms with Gasteiger partial charge in [0, 0.05) is 5.39 Å². The Labute approximate surface area is 153 Å². The molecule has 0 bridgehead atoms. The number of aromatic carboxylic acids is 1. The van der Waals surface area contributed by atoms with Gasteiger partial charge in [0.2, 0.25) is 0 Å². The lowest BCUT2D eigenvalue weighted by Gasteiger charge is -2.08. The maximum Gasteiger partial charge on any atom is 0.338 e. The number of hydrogen-bond donors (Lipinski definition) is 3. The first kappa shape index (κ1) is 16.5. The summed E-state index contributed by atoms with van der Waals surface area (Å²) in [6, 6.07) is 18.8. The number of carbonyl (C=O) groups is 1. The maximum absolute atomic E-state index is 11.8. The van der Waals surface area contributed by atoms with E-state index in [-0.39, 0.29) is 28.4 Å². The molecule has 4 rings (SSSR count). The number of aromatic hydroxyl groups is 2. The highest BCUT2D eigenvalue weighted by atomic mass is 16.4. The van der Waals surface area contributed by atoms with E-state index < -0.39 is 5.97 Å². The Balaban J connectivity index is 1.95. The largest absolute Gasteiger partial charge is 0.506 e. The van der Waals surface area contributed by atoms with Crippen molar-refractivity contribution in [3.05, 3.63) is 72.3 Å². The van der Waals surface area contributed by atoms with Crippen molar-refractivity contribution in [2.45, 2.75) is 0 Å². The summed E-state index contributed by atoms with van der Waals surface area (Å²) in [4.78, 5) is 11.8. The summed E-state index contributed by atoms with van der Waals surface area (Å²) in [5, 5.41) is 40.7. The molecule has 0 saturated carbocycles. The molecule has 0 aliphatic rings. The summed E-state index contributed by atoms with van der Waals surface area (Å²) in [5.41, 5.74) is -0.0976. The lowest BCUT2D eigenvalue weighted by atomic mass is 10.0. The van der Waals surface area contributed by atoms with Crippen LogP contribution in [0.4, 0.5) is 11.4 Å². The lowest BCUT2D eigenvalue weighted by molar-refractivity contribution is 0.0699. The van der Waals surface area contributed by atoms with Crippen LogP contribution in [-0.2, 0) is 0 Å². The van der Waals surface area contributed by atoms with Crippen molar-refractivity contribution in [2.24, 2.45) is 10.2 Å². The van der Waals surface area contributed by atoms with Crippen LogP contribution in [0.25, 0.3) is 21.5 Å². The standard InChI is InChI=1S/C21H14N2O4/c24-16-10-9-12-5-1-4-8-15(12)19(16)22-23-20-17(25)11-13-6-2-3-7-14(13)18(20)21(26)27/h1-11,24-25H,(H,26,27). The third-order valence-corrected chi connectivity index (χ3v) is 4.34.